The summed E-state index contributed by atoms with van der Waals surface area (Å²) in [5.41, 5.74) is 2.60. The number of rotatable bonds is 4. The smallest absolute Gasteiger partial charge is 0.335 e. The summed E-state index contributed by atoms with van der Waals surface area (Å²) in [6, 6.07) is 3.89. The van der Waals surface area contributed by atoms with Gasteiger partial charge in [-0.05, 0) is 25.0 Å². The molecule has 0 aliphatic heterocycles. The third kappa shape index (κ3) is 2.77. The number of carbonyl (C=O) groups is 2. The van der Waals surface area contributed by atoms with Gasteiger partial charge >= 0.3 is 5.97 Å². The van der Waals surface area contributed by atoms with Gasteiger partial charge in [-0.3, -0.25) is 4.79 Å². The largest absolute Gasteiger partial charge is 0.355 e. The number of nitrogens with one attached hydrogen (secondary N) is 2. The van der Waals surface area contributed by atoms with Gasteiger partial charge in [0.15, 0.2) is 0 Å². The van der Waals surface area contributed by atoms with Crippen molar-refractivity contribution in [3.63, 3.8) is 0 Å². The molecule has 1 aromatic carbocycles. The third-order valence-electron chi connectivity index (χ3n) is 2.62. The van der Waals surface area contributed by atoms with Crippen molar-refractivity contribution >= 4 is 17.6 Å². The summed E-state index contributed by atoms with van der Waals surface area (Å²) in [7, 11) is 1.42. The van der Waals surface area contributed by atoms with Crippen molar-refractivity contribution in [2.24, 2.45) is 5.92 Å². The predicted octanol–water partition coefficient (Wildman–Crippen LogP) is 1.47. The first-order chi connectivity index (χ1) is 8.61. The van der Waals surface area contributed by atoms with E-state index in [1.807, 2.05) is 0 Å². The van der Waals surface area contributed by atoms with Gasteiger partial charge in [0, 0.05) is 13.1 Å². The first-order valence-electron chi connectivity index (χ1n) is 5.60. The van der Waals surface area contributed by atoms with Gasteiger partial charge in [-0.15, -0.1) is 0 Å². The van der Waals surface area contributed by atoms with Crippen LogP contribution in [0.15, 0.2) is 18.2 Å². The molecule has 2 N–H and O–H groups in total. The van der Waals surface area contributed by atoms with Crippen molar-refractivity contribution in [1.29, 1.82) is 0 Å². The Hall–Kier alpha value is -2.11. The van der Waals surface area contributed by atoms with Gasteiger partial charge in [0.05, 0.1) is 17.2 Å². The van der Waals surface area contributed by atoms with Crippen LogP contribution in [-0.2, 0) is 9.63 Å². The normalized spacial score (nSPS) is 13.9. The number of halogens is 1. The van der Waals surface area contributed by atoms with E-state index in [0.717, 1.165) is 18.9 Å². The molecule has 1 aromatic rings. The molecule has 0 heterocycles. The zero-order chi connectivity index (χ0) is 13.1. The van der Waals surface area contributed by atoms with Gasteiger partial charge in [0.25, 0.3) is 5.91 Å². The Bertz CT molecular complexity index is 486. The van der Waals surface area contributed by atoms with Gasteiger partial charge in [0.2, 0.25) is 0 Å². The number of benzene rings is 1. The van der Waals surface area contributed by atoms with E-state index in [1.165, 1.54) is 19.2 Å². The van der Waals surface area contributed by atoms with Crippen LogP contribution in [0, 0.1) is 11.7 Å². The van der Waals surface area contributed by atoms with Crippen LogP contribution >= 0.6 is 0 Å². The highest BCUT2D eigenvalue weighted by Gasteiger charge is 2.31. The van der Waals surface area contributed by atoms with Crippen LogP contribution in [0.2, 0.25) is 0 Å². The fourth-order valence-electron chi connectivity index (χ4n) is 1.41. The van der Waals surface area contributed by atoms with E-state index in [0.29, 0.717) is 0 Å². The van der Waals surface area contributed by atoms with Crippen LogP contribution in [0.5, 0.6) is 0 Å². The summed E-state index contributed by atoms with van der Waals surface area (Å²) in [5, 5.41) is 2.33. The van der Waals surface area contributed by atoms with Gasteiger partial charge in [-0.2, -0.15) is 0 Å². The van der Waals surface area contributed by atoms with Crippen LogP contribution in [0.4, 0.5) is 10.1 Å². The first kappa shape index (κ1) is 12.3. The Morgan fingerprint density at radius 1 is 1.39 bits per heavy atom. The molecular formula is C12H13FN2O3. The van der Waals surface area contributed by atoms with Crippen LogP contribution in [0.3, 0.4) is 0 Å². The molecule has 5 nitrogen and oxygen atoms in total. The Labute approximate surface area is 103 Å². The molecule has 1 aliphatic carbocycles. The lowest BCUT2D eigenvalue weighted by Gasteiger charge is -2.08. The number of hydrogen-bond donors (Lipinski definition) is 2. The average Bonchev–Trinajstić information content (AvgIpc) is 3.19. The molecule has 0 aromatic heterocycles. The van der Waals surface area contributed by atoms with Gasteiger partial charge in [-0.25, -0.2) is 14.7 Å². The molecule has 0 radical (unpaired) electrons. The fraction of sp³-hybridized carbons (Fsp3) is 0.333. The summed E-state index contributed by atoms with van der Waals surface area (Å²) in [6.45, 7) is 0. The Morgan fingerprint density at radius 3 is 2.67 bits per heavy atom. The highest BCUT2D eigenvalue weighted by molar-refractivity contribution is 5.94. The predicted molar refractivity (Wildman–Crippen MR) is 62.2 cm³/mol. The summed E-state index contributed by atoms with van der Waals surface area (Å²) in [5.74, 6) is -1.56. The molecule has 0 bridgehead atoms. The monoisotopic (exact) mass is 252 g/mol. The highest BCUT2D eigenvalue weighted by atomic mass is 19.1. The lowest BCUT2D eigenvalue weighted by molar-refractivity contribution is -0.142. The van der Waals surface area contributed by atoms with Crippen molar-refractivity contribution in [1.82, 2.24) is 5.32 Å². The maximum Gasteiger partial charge on any atom is 0.335 e. The molecule has 0 atom stereocenters. The number of carbonyl (C=O) groups excluding carboxylic acids is 2. The van der Waals surface area contributed by atoms with Crippen molar-refractivity contribution < 1.29 is 18.8 Å². The van der Waals surface area contributed by atoms with Gasteiger partial charge < -0.3 is 10.2 Å². The third-order valence-corrected chi connectivity index (χ3v) is 2.62. The Balaban J connectivity index is 1.99. The number of anilines is 1. The average molecular weight is 252 g/mol. The highest BCUT2D eigenvalue weighted by Crippen LogP contribution is 2.30. The summed E-state index contributed by atoms with van der Waals surface area (Å²) < 4.78 is 13.5. The van der Waals surface area contributed by atoms with Crippen molar-refractivity contribution in [2.75, 3.05) is 12.5 Å². The molecule has 0 spiro atoms. The van der Waals surface area contributed by atoms with E-state index in [4.69, 9.17) is 4.84 Å². The lowest BCUT2D eigenvalue weighted by atomic mass is 10.2. The zero-order valence-corrected chi connectivity index (χ0v) is 9.83. The second-order valence-electron chi connectivity index (χ2n) is 4.07. The van der Waals surface area contributed by atoms with E-state index >= 15 is 0 Å². The van der Waals surface area contributed by atoms with E-state index in [-0.39, 0.29) is 23.1 Å². The van der Waals surface area contributed by atoms with Crippen LogP contribution in [0.25, 0.3) is 0 Å². The van der Waals surface area contributed by atoms with E-state index in [1.54, 1.807) is 0 Å². The molecule has 1 saturated carbocycles. The zero-order valence-electron chi connectivity index (χ0n) is 9.83. The minimum Gasteiger partial charge on any atom is -0.355 e. The second-order valence-corrected chi connectivity index (χ2v) is 4.07. The molecule has 0 saturated heterocycles. The minimum atomic E-state index is -0.679. The van der Waals surface area contributed by atoms with Crippen molar-refractivity contribution in [3.8, 4) is 0 Å². The first-order valence-corrected chi connectivity index (χ1v) is 5.60. The topological polar surface area (TPSA) is 67.4 Å². The lowest BCUT2D eigenvalue weighted by Crippen LogP contribution is -2.19. The molecule has 1 aliphatic rings. The molecule has 1 amide bonds. The standard InChI is InChI=1S/C12H13FN2O3/c1-14-11(16)9-5-4-8(6-10(9)13)15-18-12(17)7-2-3-7/h4-7,15H,2-3H2,1H3,(H,14,16). The summed E-state index contributed by atoms with van der Waals surface area (Å²) in [6.07, 6.45) is 1.68. The molecular weight excluding hydrogens is 239 g/mol. The van der Waals surface area contributed by atoms with Gasteiger partial charge in [0.1, 0.15) is 5.82 Å². The molecule has 6 heteroatoms. The van der Waals surface area contributed by atoms with Crippen LogP contribution < -0.4 is 10.8 Å². The van der Waals surface area contributed by atoms with Crippen LogP contribution in [-0.4, -0.2) is 18.9 Å². The van der Waals surface area contributed by atoms with E-state index in [2.05, 4.69) is 10.8 Å². The van der Waals surface area contributed by atoms with E-state index in [9.17, 15) is 14.0 Å². The minimum absolute atomic E-state index is 0.0347. The van der Waals surface area contributed by atoms with Gasteiger partial charge in [-0.1, -0.05) is 0 Å². The second kappa shape index (κ2) is 5.03. The molecule has 18 heavy (non-hydrogen) atoms. The quantitative estimate of drug-likeness (QED) is 0.796. The molecule has 1 fully saturated rings. The maximum absolute atomic E-state index is 13.5. The SMILES string of the molecule is CNC(=O)c1ccc(NOC(=O)C2CC2)cc1F. The molecule has 2 rings (SSSR count). The Kier molecular flexibility index (Phi) is 3.45. The van der Waals surface area contributed by atoms with Crippen LogP contribution in [0.1, 0.15) is 23.2 Å². The van der Waals surface area contributed by atoms with Crippen molar-refractivity contribution in [3.05, 3.63) is 29.6 Å². The maximum atomic E-state index is 13.5. The number of amides is 1. The molecule has 0 unspecified atom stereocenters. The number of hydrogen-bond acceptors (Lipinski definition) is 4. The Morgan fingerprint density at radius 2 is 2.11 bits per heavy atom. The summed E-state index contributed by atoms with van der Waals surface area (Å²) in [4.78, 5) is 27.3. The van der Waals surface area contributed by atoms with E-state index < -0.39 is 11.7 Å². The summed E-state index contributed by atoms with van der Waals surface area (Å²) >= 11 is 0. The fourth-order valence-corrected chi connectivity index (χ4v) is 1.41. The van der Waals surface area contributed by atoms with Crippen molar-refractivity contribution in [2.45, 2.75) is 12.8 Å². The molecule has 96 valence electrons.